The van der Waals surface area contributed by atoms with Crippen LogP contribution in [0.25, 0.3) is 10.9 Å². The highest BCUT2D eigenvalue weighted by Crippen LogP contribution is 2.29. The molecule has 0 aliphatic rings. The van der Waals surface area contributed by atoms with E-state index in [0.717, 1.165) is 51.9 Å². The number of carbonyl (C=O) groups excluding carboxylic acids is 1. The summed E-state index contributed by atoms with van der Waals surface area (Å²) in [5.41, 5.74) is 5.05. The van der Waals surface area contributed by atoms with E-state index in [2.05, 4.69) is 9.71 Å². The number of benzene rings is 3. The molecule has 0 spiro atoms. The van der Waals surface area contributed by atoms with Crippen molar-refractivity contribution in [1.82, 2.24) is 9.71 Å². The van der Waals surface area contributed by atoms with Gasteiger partial charge in [-0.3, -0.25) is 4.79 Å². The van der Waals surface area contributed by atoms with Gasteiger partial charge in [-0.2, -0.15) is 0 Å². The molecule has 4 rings (SSSR count). The van der Waals surface area contributed by atoms with Crippen LogP contribution >= 0.6 is 11.6 Å². The minimum Gasteiger partial charge on any atom is -0.489 e. The van der Waals surface area contributed by atoms with Crippen LogP contribution in [0.1, 0.15) is 58.9 Å². The van der Waals surface area contributed by atoms with E-state index in [-0.39, 0.29) is 5.75 Å². The number of carbonyl (C=O) groups is 1. The summed E-state index contributed by atoms with van der Waals surface area (Å²) in [6.07, 6.45) is 2.79. The van der Waals surface area contributed by atoms with Crippen LogP contribution in [0.5, 0.6) is 5.75 Å². The van der Waals surface area contributed by atoms with Gasteiger partial charge in [-0.15, -0.1) is 0 Å². The number of fused-ring (bicyclic) bond motifs is 1. The van der Waals surface area contributed by atoms with Crippen LogP contribution in [0.3, 0.4) is 0 Å². The molecule has 3 aromatic carbocycles. The number of aromatic amines is 1. The van der Waals surface area contributed by atoms with Gasteiger partial charge in [0.25, 0.3) is 5.91 Å². The molecular weight excluding hydrogens is 508 g/mol. The van der Waals surface area contributed by atoms with E-state index in [0.29, 0.717) is 30.0 Å². The third kappa shape index (κ3) is 6.93. The second-order valence-electron chi connectivity index (χ2n) is 9.15. The predicted molar refractivity (Wildman–Crippen MR) is 149 cm³/mol. The predicted octanol–water partition coefficient (Wildman–Crippen LogP) is 6.55. The van der Waals surface area contributed by atoms with Gasteiger partial charge < -0.3 is 9.72 Å². The Morgan fingerprint density at radius 3 is 2.54 bits per heavy atom. The molecule has 1 heterocycles. The van der Waals surface area contributed by atoms with Crippen molar-refractivity contribution >= 4 is 38.4 Å². The van der Waals surface area contributed by atoms with Gasteiger partial charge in [0.15, 0.2) is 0 Å². The van der Waals surface area contributed by atoms with E-state index >= 15 is 0 Å². The van der Waals surface area contributed by atoms with Gasteiger partial charge >= 0.3 is 0 Å². The van der Waals surface area contributed by atoms with E-state index in [1.807, 2.05) is 62.4 Å². The monoisotopic (exact) mass is 538 g/mol. The number of sulfonamides is 1. The number of hydrogen-bond donors (Lipinski definition) is 2. The molecule has 0 atom stereocenters. The van der Waals surface area contributed by atoms with Crippen LogP contribution in [0.4, 0.5) is 0 Å². The normalized spacial score (nSPS) is 11.5. The quantitative estimate of drug-likeness (QED) is 0.212. The Hall–Kier alpha value is -3.29. The number of rotatable bonds is 11. The number of aromatic nitrogens is 1. The summed E-state index contributed by atoms with van der Waals surface area (Å²) in [6.45, 7) is 4.39. The van der Waals surface area contributed by atoms with Crippen molar-refractivity contribution < 1.29 is 17.9 Å². The minimum absolute atomic E-state index is 0.0613. The Kier molecular flexibility index (Phi) is 8.56. The Morgan fingerprint density at radius 2 is 1.81 bits per heavy atom. The summed E-state index contributed by atoms with van der Waals surface area (Å²) in [7, 11) is -3.68. The first kappa shape index (κ1) is 26.8. The van der Waals surface area contributed by atoms with Crippen molar-refractivity contribution in [2.24, 2.45) is 0 Å². The molecule has 4 aromatic rings. The highest BCUT2D eigenvalue weighted by atomic mass is 35.5. The molecule has 0 fully saturated rings. The topological polar surface area (TPSA) is 88.3 Å². The zero-order valence-electron chi connectivity index (χ0n) is 21.0. The Bertz CT molecular complexity index is 1500. The first-order valence-electron chi connectivity index (χ1n) is 12.4. The average Bonchev–Trinajstić information content (AvgIpc) is 3.18. The number of amides is 1. The van der Waals surface area contributed by atoms with Crippen LogP contribution in [0.2, 0.25) is 5.02 Å². The van der Waals surface area contributed by atoms with E-state index in [1.54, 1.807) is 18.2 Å². The summed E-state index contributed by atoms with van der Waals surface area (Å²) in [5, 5.41) is 1.50. The highest BCUT2D eigenvalue weighted by Gasteiger charge is 2.18. The lowest BCUT2D eigenvalue weighted by atomic mass is 9.99. The van der Waals surface area contributed by atoms with Gasteiger partial charge in [0.05, 0.1) is 5.75 Å². The van der Waals surface area contributed by atoms with Crippen LogP contribution in [-0.2, 0) is 23.1 Å². The molecule has 0 saturated carbocycles. The fourth-order valence-electron chi connectivity index (χ4n) is 4.24. The molecule has 0 radical (unpaired) electrons. The summed E-state index contributed by atoms with van der Waals surface area (Å²) < 4.78 is 32.6. The molecule has 37 heavy (non-hydrogen) atoms. The molecule has 1 amide bonds. The molecule has 2 N–H and O–H groups in total. The average molecular weight is 539 g/mol. The van der Waals surface area contributed by atoms with Crippen molar-refractivity contribution in [2.75, 3.05) is 5.75 Å². The fourth-order valence-corrected chi connectivity index (χ4v) is 5.60. The number of para-hydroxylation sites is 1. The van der Waals surface area contributed by atoms with Gasteiger partial charge in [0.2, 0.25) is 10.0 Å². The van der Waals surface area contributed by atoms with E-state index in [1.165, 1.54) is 0 Å². The number of aryl methyl sites for hydroxylation is 1. The summed E-state index contributed by atoms with van der Waals surface area (Å²) >= 11 is 6.64. The maximum absolute atomic E-state index is 12.7. The Morgan fingerprint density at radius 1 is 1.03 bits per heavy atom. The number of unbranched alkanes of at least 4 members (excludes halogenated alkanes) is 2. The van der Waals surface area contributed by atoms with Gasteiger partial charge in [-0.05, 0) is 66.4 Å². The third-order valence-electron chi connectivity index (χ3n) is 6.28. The number of halogens is 1. The van der Waals surface area contributed by atoms with Crippen molar-refractivity contribution in [3.8, 4) is 5.75 Å². The lowest BCUT2D eigenvalue weighted by Crippen LogP contribution is -2.32. The number of H-pyrrole nitrogens is 1. The third-order valence-corrected chi connectivity index (χ3v) is 7.95. The standard InChI is InChI=1S/C29H31ClN2O4S/c1-3-4-8-15-37(34,35)32-29(33)23-13-14-28-26(18-23)25(20(2)31-28)17-22-12-11-21(16-27(22)30)19-36-24-9-6-5-7-10-24/h5-7,9-14,16,18,31H,3-4,8,15,17,19H2,1-2H3,(H,32,33). The van der Waals surface area contributed by atoms with Crippen molar-refractivity contribution in [2.45, 2.75) is 46.1 Å². The smallest absolute Gasteiger partial charge is 0.264 e. The molecule has 0 bridgehead atoms. The number of ether oxygens (including phenoxy) is 1. The molecule has 0 unspecified atom stereocenters. The van der Waals surface area contributed by atoms with E-state index in [4.69, 9.17) is 16.3 Å². The SMILES string of the molecule is CCCCCS(=O)(=O)NC(=O)c1ccc2[nH]c(C)c(Cc3ccc(COc4ccccc4)cc3Cl)c2c1. The van der Waals surface area contributed by atoms with Crippen LogP contribution in [0.15, 0.2) is 66.7 Å². The highest BCUT2D eigenvalue weighted by molar-refractivity contribution is 7.90. The molecule has 194 valence electrons. The lowest BCUT2D eigenvalue weighted by Gasteiger charge is -2.10. The van der Waals surface area contributed by atoms with Gasteiger partial charge in [-0.25, -0.2) is 13.1 Å². The molecule has 8 heteroatoms. The van der Waals surface area contributed by atoms with Gasteiger partial charge in [0.1, 0.15) is 12.4 Å². The summed E-state index contributed by atoms with van der Waals surface area (Å²) in [6, 6.07) is 20.7. The van der Waals surface area contributed by atoms with Crippen molar-refractivity contribution in [1.29, 1.82) is 0 Å². The van der Waals surface area contributed by atoms with Crippen LogP contribution < -0.4 is 9.46 Å². The zero-order valence-corrected chi connectivity index (χ0v) is 22.6. The first-order valence-corrected chi connectivity index (χ1v) is 14.4. The molecule has 1 aromatic heterocycles. The molecular formula is C29H31ClN2O4S. The zero-order chi connectivity index (χ0) is 26.4. The van der Waals surface area contributed by atoms with Crippen molar-refractivity contribution in [3.05, 3.63) is 99.7 Å². The second kappa shape index (κ2) is 11.8. The molecule has 0 aliphatic carbocycles. The first-order chi connectivity index (χ1) is 17.8. The molecule has 0 aliphatic heterocycles. The molecule has 0 saturated heterocycles. The maximum Gasteiger partial charge on any atom is 0.264 e. The van der Waals surface area contributed by atoms with Gasteiger partial charge in [0, 0.05) is 33.6 Å². The minimum atomic E-state index is -3.68. The van der Waals surface area contributed by atoms with Gasteiger partial charge in [-0.1, -0.05) is 61.7 Å². The number of hydrogen-bond acceptors (Lipinski definition) is 4. The van der Waals surface area contributed by atoms with Crippen molar-refractivity contribution in [3.63, 3.8) is 0 Å². The lowest BCUT2D eigenvalue weighted by molar-refractivity contribution is 0.0981. The van der Waals surface area contributed by atoms with Crippen LogP contribution in [0, 0.1) is 6.92 Å². The second-order valence-corrected chi connectivity index (χ2v) is 11.4. The maximum atomic E-state index is 12.7. The van der Waals surface area contributed by atoms with E-state index in [9.17, 15) is 13.2 Å². The summed E-state index contributed by atoms with van der Waals surface area (Å²) in [5.74, 6) is 0.114. The Balaban J connectivity index is 1.51. The Labute approximate surface area is 223 Å². The summed E-state index contributed by atoms with van der Waals surface area (Å²) in [4.78, 5) is 16.1. The largest absolute Gasteiger partial charge is 0.489 e. The number of nitrogens with one attached hydrogen (secondary N) is 2. The fraction of sp³-hybridized carbons (Fsp3) is 0.276. The molecule has 6 nitrogen and oxygen atoms in total. The van der Waals surface area contributed by atoms with E-state index < -0.39 is 15.9 Å². The van der Waals surface area contributed by atoms with Crippen LogP contribution in [-0.4, -0.2) is 25.1 Å².